The van der Waals surface area contributed by atoms with Crippen molar-refractivity contribution in [2.45, 2.75) is 6.92 Å². The quantitative estimate of drug-likeness (QED) is 0.793. The molecule has 3 aromatic rings. The minimum Gasteiger partial charge on any atom is -0.482 e. The number of anilines is 1. The third-order valence-electron chi connectivity index (χ3n) is 4.22. The molecule has 1 aromatic carbocycles. The molecular weight excluding hydrogens is 322 g/mol. The lowest BCUT2D eigenvalue weighted by Crippen LogP contribution is -2.38. The van der Waals surface area contributed by atoms with Crippen LogP contribution in [0.2, 0.25) is 0 Å². The molecule has 126 valence electrons. The third kappa shape index (κ3) is 2.50. The van der Waals surface area contributed by atoms with Crippen molar-refractivity contribution in [2.75, 3.05) is 18.1 Å². The van der Waals surface area contributed by atoms with E-state index in [0.717, 1.165) is 11.3 Å². The first kappa shape index (κ1) is 15.2. The van der Waals surface area contributed by atoms with Crippen molar-refractivity contribution in [1.82, 2.24) is 9.38 Å². The number of amides is 1. The van der Waals surface area contributed by atoms with Crippen LogP contribution in [0.25, 0.3) is 16.9 Å². The largest absolute Gasteiger partial charge is 0.482 e. The number of ether oxygens (including phenoxy) is 1. The molecule has 4 rings (SSSR count). The minimum absolute atomic E-state index is 0.0481. The van der Waals surface area contributed by atoms with Crippen LogP contribution >= 0.6 is 0 Å². The second-order valence-corrected chi connectivity index (χ2v) is 5.72. The maximum absolute atomic E-state index is 12.0. The molecule has 1 amide bonds. The van der Waals surface area contributed by atoms with E-state index in [-0.39, 0.29) is 18.1 Å². The van der Waals surface area contributed by atoms with E-state index < -0.39 is 5.97 Å². The number of carboxylic acid groups (broad SMARTS) is 1. The zero-order chi connectivity index (χ0) is 17.6. The molecule has 0 unspecified atom stereocenters. The van der Waals surface area contributed by atoms with Gasteiger partial charge in [-0.1, -0.05) is 0 Å². The van der Waals surface area contributed by atoms with Crippen molar-refractivity contribution >= 4 is 23.2 Å². The van der Waals surface area contributed by atoms with Gasteiger partial charge in [-0.05, 0) is 37.3 Å². The Bertz CT molecular complexity index is 1010. The van der Waals surface area contributed by atoms with Gasteiger partial charge in [-0.25, -0.2) is 9.78 Å². The zero-order valence-corrected chi connectivity index (χ0v) is 13.5. The molecule has 0 atom stereocenters. The molecule has 0 saturated heterocycles. The molecule has 0 radical (unpaired) electrons. The number of aromatic nitrogens is 2. The standard InChI is InChI=1S/C18H15N3O4/c1-2-21-14-7-11(3-4-15(14)25-10-17(21)22)13-9-20-6-5-12(18(23)24)8-16(20)19-13/h3-9H,2,10H2,1H3,(H,23,24). The number of rotatable bonds is 3. The Kier molecular flexibility index (Phi) is 3.42. The van der Waals surface area contributed by atoms with Crippen molar-refractivity contribution < 1.29 is 19.4 Å². The molecular formula is C18H15N3O4. The predicted molar refractivity (Wildman–Crippen MR) is 91.1 cm³/mol. The predicted octanol–water partition coefficient (Wildman–Crippen LogP) is 2.44. The minimum atomic E-state index is -0.991. The fourth-order valence-corrected chi connectivity index (χ4v) is 2.96. The van der Waals surface area contributed by atoms with Gasteiger partial charge in [0.05, 0.1) is 16.9 Å². The number of carboxylic acids is 1. The summed E-state index contributed by atoms with van der Waals surface area (Å²) in [6, 6.07) is 8.62. The van der Waals surface area contributed by atoms with Gasteiger partial charge in [-0.3, -0.25) is 4.79 Å². The summed E-state index contributed by atoms with van der Waals surface area (Å²) in [6.07, 6.45) is 3.49. The molecule has 0 bridgehead atoms. The second-order valence-electron chi connectivity index (χ2n) is 5.72. The summed E-state index contributed by atoms with van der Waals surface area (Å²) in [4.78, 5) is 29.3. The Labute approximate surface area is 143 Å². The smallest absolute Gasteiger partial charge is 0.335 e. The number of benzene rings is 1. The molecule has 0 aliphatic carbocycles. The number of pyridine rings is 1. The Balaban J connectivity index is 1.80. The first-order valence-corrected chi connectivity index (χ1v) is 7.86. The third-order valence-corrected chi connectivity index (χ3v) is 4.22. The van der Waals surface area contributed by atoms with Crippen LogP contribution in [0.3, 0.4) is 0 Å². The summed E-state index contributed by atoms with van der Waals surface area (Å²) < 4.78 is 7.24. The van der Waals surface area contributed by atoms with Gasteiger partial charge in [0.2, 0.25) is 0 Å². The first-order valence-electron chi connectivity index (χ1n) is 7.86. The van der Waals surface area contributed by atoms with Gasteiger partial charge in [0.1, 0.15) is 11.4 Å². The van der Waals surface area contributed by atoms with Gasteiger partial charge in [0.25, 0.3) is 5.91 Å². The Hall–Kier alpha value is -3.35. The topological polar surface area (TPSA) is 84.1 Å². The van der Waals surface area contributed by atoms with E-state index >= 15 is 0 Å². The number of fused-ring (bicyclic) bond motifs is 2. The van der Waals surface area contributed by atoms with E-state index in [4.69, 9.17) is 9.84 Å². The molecule has 25 heavy (non-hydrogen) atoms. The zero-order valence-electron chi connectivity index (χ0n) is 13.5. The number of carbonyl (C=O) groups excluding carboxylic acids is 1. The van der Waals surface area contributed by atoms with Crippen LogP contribution < -0.4 is 9.64 Å². The van der Waals surface area contributed by atoms with Crippen molar-refractivity contribution in [3.63, 3.8) is 0 Å². The van der Waals surface area contributed by atoms with Gasteiger partial charge < -0.3 is 19.1 Å². The molecule has 0 spiro atoms. The first-order chi connectivity index (χ1) is 12.1. The van der Waals surface area contributed by atoms with Crippen LogP contribution in [0.4, 0.5) is 5.69 Å². The Morgan fingerprint density at radius 2 is 2.16 bits per heavy atom. The normalized spacial score (nSPS) is 13.6. The van der Waals surface area contributed by atoms with Gasteiger partial charge in [-0.2, -0.15) is 0 Å². The molecule has 1 N–H and O–H groups in total. The summed E-state index contributed by atoms with van der Waals surface area (Å²) in [5.74, 6) is -0.398. The van der Waals surface area contributed by atoms with Crippen LogP contribution in [-0.4, -0.2) is 39.5 Å². The molecule has 1 aliphatic heterocycles. The summed E-state index contributed by atoms with van der Waals surface area (Å²) in [5.41, 5.74) is 2.98. The van der Waals surface area contributed by atoms with Crippen molar-refractivity contribution in [3.8, 4) is 17.0 Å². The number of nitrogens with zero attached hydrogens (tertiary/aromatic N) is 3. The Morgan fingerprint density at radius 1 is 1.32 bits per heavy atom. The highest BCUT2D eigenvalue weighted by molar-refractivity contribution is 5.98. The molecule has 7 heteroatoms. The van der Waals surface area contributed by atoms with Crippen LogP contribution in [0.5, 0.6) is 5.75 Å². The van der Waals surface area contributed by atoms with Crippen molar-refractivity contribution in [2.24, 2.45) is 0 Å². The summed E-state index contributed by atoms with van der Waals surface area (Å²) in [6.45, 7) is 2.52. The van der Waals surface area contributed by atoms with Crippen LogP contribution in [0.1, 0.15) is 17.3 Å². The lowest BCUT2D eigenvalue weighted by Gasteiger charge is -2.28. The average molecular weight is 337 g/mol. The number of aromatic carboxylic acids is 1. The number of hydrogen-bond acceptors (Lipinski definition) is 4. The number of hydrogen-bond donors (Lipinski definition) is 1. The van der Waals surface area contributed by atoms with Crippen molar-refractivity contribution in [1.29, 1.82) is 0 Å². The highest BCUT2D eigenvalue weighted by Gasteiger charge is 2.24. The number of likely N-dealkylation sites (N-methyl/N-ethyl adjacent to an activating group) is 1. The molecule has 0 saturated carbocycles. The maximum Gasteiger partial charge on any atom is 0.335 e. The monoisotopic (exact) mass is 337 g/mol. The summed E-state index contributed by atoms with van der Waals surface area (Å²) in [7, 11) is 0. The fraction of sp³-hybridized carbons (Fsp3) is 0.167. The highest BCUT2D eigenvalue weighted by atomic mass is 16.5. The van der Waals surface area contributed by atoms with Crippen LogP contribution in [-0.2, 0) is 4.79 Å². The molecule has 0 fully saturated rings. The van der Waals surface area contributed by atoms with Crippen LogP contribution in [0.15, 0.2) is 42.7 Å². The van der Waals surface area contributed by atoms with E-state index in [0.29, 0.717) is 23.6 Å². The van der Waals surface area contributed by atoms with Crippen molar-refractivity contribution in [3.05, 3.63) is 48.3 Å². The van der Waals surface area contributed by atoms with E-state index in [9.17, 15) is 9.59 Å². The molecule has 2 aromatic heterocycles. The maximum atomic E-state index is 12.0. The van der Waals surface area contributed by atoms with E-state index in [1.165, 1.54) is 12.1 Å². The van der Waals surface area contributed by atoms with Crippen LogP contribution in [0, 0.1) is 0 Å². The van der Waals surface area contributed by atoms with Gasteiger partial charge in [0.15, 0.2) is 6.61 Å². The lowest BCUT2D eigenvalue weighted by atomic mass is 10.1. The molecule has 3 heterocycles. The molecule has 7 nitrogen and oxygen atoms in total. The second kappa shape index (κ2) is 5.62. The number of imidazole rings is 1. The van der Waals surface area contributed by atoms with E-state index in [2.05, 4.69) is 4.98 Å². The van der Waals surface area contributed by atoms with Gasteiger partial charge in [-0.15, -0.1) is 0 Å². The SMILES string of the molecule is CCN1C(=O)COc2ccc(-c3cn4ccc(C(=O)O)cc4n3)cc21. The van der Waals surface area contributed by atoms with Gasteiger partial charge in [0, 0.05) is 24.5 Å². The summed E-state index contributed by atoms with van der Waals surface area (Å²) in [5, 5.41) is 9.09. The highest BCUT2D eigenvalue weighted by Crippen LogP contribution is 2.35. The summed E-state index contributed by atoms with van der Waals surface area (Å²) >= 11 is 0. The fourth-order valence-electron chi connectivity index (χ4n) is 2.96. The number of carbonyl (C=O) groups is 2. The molecule has 1 aliphatic rings. The van der Waals surface area contributed by atoms with E-state index in [1.807, 2.05) is 31.3 Å². The average Bonchev–Trinajstić information content (AvgIpc) is 3.04. The lowest BCUT2D eigenvalue weighted by molar-refractivity contribution is -0.121. The Morgan fingerprint density at radius 3 is 2.92 bits per heavy atom. The van der Waals surface area contributed by atoms with E-state index in [1.54, 1.807) is 15.5 Å². The van der Waals surface area contributed by atoms with Gasteiger partial charge >= 0.3 is 5.97 Å².